The molecule has 388 valence electrons. The predicted molar refractivity (Wildman–Crippen MR) is 270 cm³/mol. The summed E-state index contributed by atoms with van der Waals surface area (Å²) in [5.41, 5.74) is 15.1. The Morgan fingerprint density at radius 3 is 1.85 bits per heavy atom. The number of nitrogens with two attached hydrogens (primary N) is 2. The largest absolute Gasteiger partial charge is 0.497 e. The molecule has 2 unspecified atom stereocenters. The van der Waals surface area contributed by atoms with Crippen molar-refractivity contribution in [2.24, 2.45) is 5.92 Å². The zero-order valence-electron chi connectivity index (χ0n) is 41.2. The molecule has 1 aliphatic carbocycles. The summed E-state index contributed by atoms with van der Waals surface area (Å²) in [6.45, 7) is -0.232. The molecule has 3 aromatic carbocycles. The molecule has 10 rings (SSSR count). The molecular formula is C51H58N11O11P. The van der Waals surface area contributed by atoms with Crippen LogP contribution in [0.1, 0.15) is 54.8 Å². The molecule has 4 aromatic heterocycles. The maximum Gasteiger partial charge on any atom is 0.405 e. The molecule has 0 bridgehead atoms. The molecule has 0 amide bonds. The first-order valence-corrected chi connectivity index (χ1v) is 25.6. The lowest BCUT2D eigenvalue weighted by Gasteiger charge is -2.37. The summed E-state index contributed by atoms with van der Waals surface area (Å²) in [7, 11) is 2.05. The van der Waals surface area contributed by atoms with E-state index in [0.29, 0.717) is 58.2 Å². The molecule has 22 nitrogen and oxygen atoms in total. The van der Waals surface area contributed by atoms with Crippen LogP contribution < -0.4 is 26.0 Å². The van der Waals surface area contributed by atoms with Gasteiger partial charge in [-0.25, -0.2) is 39.6 Å². The van der Waals surface area contributed by atoms with E-state index in [1.54, 1.807) is 43.9 Å². The Kier molecular flexibility index (Phi) is 14.9. The van der Waals surface area contributed by atoms with Crippen LogP contribution in [-0.4, -0.2) is 117 Å². The van der Waals surface area contributed by atoms with Crippen molar-refractivity contribution in [2.45, 2.75) is 68.2 Å². The van der Waals surface area contributed by atoms with Crippen molar-refractivity contribution in [2.75, 3.05) is 59.7 Å². The fourth-order valence-corrected chi connectivity index (χ4v) is 11.3. The number of hydrogen-bond donors (Lipinski definition) is 4. The third-order valence-corrected chi connectivity index (χ3v) is 15.2. The molecule has 8 atom stereocenters. The Hall–Kier alpha value is -7.01. The highest BCUT2D eigenvalue weighted by molar-refractivity contribution is 7.51. The number of aliphatic hydroxyl groups is 1. The number of nitrogen functional groups attached to an aromatic ring is 2. The SMILES string of the molecule is COC1=CCC(CCNP(=O)(OC[C@H]2O[C@@H](n3cnc4c(N)ncnc43)C[C@@H]2O)O[C@H]2C[C@H](n3cnc4c(N)ncnc43)O[C@@H]2COC(c2ccccc2)(c2ccc(OC)cc2)c2ccc(OC)cc2)C=C1OC. The minimum atomic E-state index is -4.36. The molecule has 23 heteroatoms. The zero-order valence-corrected chi connectivity index (χ0v) is 42.1. The van der Waals surface area contributed by atoms with E-state index in [1.807, 2.05) is 91.0 Å². The summed E-state index contributed by atoms with van der Waals surface area (Å²) in [4.78, 5) is 25.9. The van der Waals surface area contributed by atoms with Gasteiger partial charge in [-0.2, -0.15) is 0 Å². The number of hydrogen-bond acceptors (Lipinski definition) is 19. The van der Waals surface area contributed by atoms with Crippen LogP contribution in [0.15, 0.2) is 128 Å². The lowest BCUT2D eigenvalue weighted by atomic mass is 9.80. The van der Waals surface area contributed by atoms with Crippen LogP contribution in [0.3, 0.4) is 0 Å². The molecule has 6 heterocycles. The number of imidazole rings is 2. The quantitative estimate of drug-likeness (QED) is 0.0450. The Morgan fingerprint density at radius 1 is 0.703 bits per heavy atom. The van der Waals surface area contributed by atoms with Gasteiger partial charge in [0.05, 0.1) is 60.4 Å². The highest BCUT2D eigenvalue weighted by Crippen LogP contribution is 2.51. The molecule has 0 spiro atoms. The number of anilines is 2. The number of methoxy groups -OCH3 is 4. The summed E-state index contributed by atoms with van der Waals surface area (Å²) >= 11 is 0. The van der Waals surface area contributed by atoms with Gasteiger partial charge in [0.25, 0.3) is 0 Å². The van der Waals surface area contributed by atoms with Crippen molar-refractivity contribution in [3.8, 4) is 11.5 Å². The van der Waals surface area contributed by atoms with E-state index in [4.69, 9.17) is 53.7 Å². The van der Waals surface area contributed by atoms with Crippen molar-refractivity contribution >= 4 is 41.7 Å². The second kappa shape index (κ2) is 21.8. The number of nitrogens with zero attached hydrogens (tertiary/aromatic N) is 8. The Labute approximate surface area is 426 Å². The molecule has 2 fully saturated rings. The van der Waals surface area contributed by atoms with Crippen molar-refractivity contribution in [3.05, 3.63) is 145 Å². The number of nitrogens with one attached hydrogen (secondary N) is 1. The van der Waals surface area contributed by atoms with Gasteiger partial charge >= 0.3 is 7.75 Å². The van der Waals surface area contributed by atoms with E-state index in [1.165, 1.54) is 19.0 Å². The molecule has 7 aromatic rings. The first-order chi connectivity index (χ1) is 36.0. The minimum Gasteiger partial charge on any atom is -0.497 e. The number of aliphatic hydroxyl groups excluding tert-OH is 1. The van der Waals surface area contributed by atoms with Crippen LogP contribution in [0.5, 0.6) is 11.5 Å². The minimum absolute atomic E-state index is 0.000273. The summed E-state index contributed by atoms with van der Waals surface area (Å²) in [5, 5.41) is 14.6. The molecule has 3 aliphatic rings. The number of aromatic nitrogens is 8. The van der Waals surface area contributed by atoms with Gasteiger partial charge in [0, 0.05) is 19.4 Å². The van der Waals surface area contributed by atoms with Crippen molar-refractivity contribution < 1.29 is 51.9 Å². The van der Waals surface area contributed by atoms with Crippen molar-refractivity contribution in [1.82, 2.24) is 44.1 Å². The predicted octanol–water partition coefficient (Wildman–Crippen LogP) is 6.36. The topological polar surface area (TPSA) is 272 Å². The second-order valence-electron chi connectivity index (χ2n) is 17.9. The Bertz CT molecular complexity index is 3110. The van der Waals surface area contributed by atoms with Crippen LogP contribution in [-0.2, 0) is 42.9 Å². The summed E-state index contributed by atoms with van der Waals surface area (Å²) in [6, 6.07) is 25.2. The molecule has 2 aliphatic heterocycles. The smallest absolute Gasteiger partial charge is 0.405 e. The Morgan fingerprint density at radius 2 is 1.27 bits per heavy atom. The number of allylic oxidation sites excluding steroid dienone is 2. The standard InChI is InChI=1S/C51H58N11O11P/c1-65-35-15-11-33(12-16-35)51(32-8-6-5-7-9-32,34-13-17-36(66-2)18-14-34)69-25-42-40(24-44(72-42)62-30-59-46-48(53)55-28-57-50(46)62)73-74(64,60-21-20-31-10-19-38(67-3)39(22-31)68-4)70-26-41-37(63)23-43(71-41)61-29-58-45-47(52)54-27-56-49(45)61/h5-9,11-19,22,27-31,37,40-44,63H,10,20-21,23-26H2,1-4H3,(H,60,64)(H2,52,54,56)(H2,53,55,57)/t31?,37-,40-,41+,42+,43+,44+,74?/m0/s1. The van der Waals surface area contributed by atoms with Crippen LogP contribution in [0.2, 0.25) is 0 Å². The van der Waals surface area contributed by atoms with Crippen molar-refractivity contribution in [3.63, 3.8) is 0 Å². The average molecular weight is 1030 g/mol. The van der Waals surface area contributed by atoms with Crippen LogP contribution in [0, 0.1) is 5.92 Å². The van der Waals surface area contributed by atoms with Gasteiger partial charge in [-0.15, -0.1) is 0 Å². The second-order valence-corrected chi connectivity index (χ2v) is 19.7. The third-order valence-electron chi connectivity index (χ3n) is 13.6. The first kappa shape index (κ1) is 50.5. The number of benzene rings is 3. The highest BCUT2D eigenvalue weighted by atomic mass is 31.2. The monoisotopic (exact) mass is 1030 g/mol. The summed E-state index contributed by atoms with van der Waals surface area (Å²) in [5.74, 6) is 2.98. The van der Waals surface area contributed by atoms with Gasteiger partial charge < -0.3 is 49.7 Å². The molecule has 6 N–H and O–H groups in total. The highest BCUT2D eigenvalue weighted by Gasteiger charge is 2.47. The van der Waals surface area contributed by atoms with Gasteiger partial charge in [-0.1, -0.05) is 54.6 Å². The lowest BCUT2D eigenvalue weighted by Crippen LogP contribution is -2.39. The van der Waals surface area contributed by atoms with E-state index < -0.39 is 50.2 Å². The average Bonchev–Trinajstić information content (AvgIpc) is 4.25. The van der Waals surface area contributed by atoms with Gasteiger partial charge in [-0.05, 0) is 71.9 Å². The van der Waals surface area contributed by atoms with E-state index in [9.17, 15) is 5.11 Å². The Balaban J connectivity index is 0.984. The fraction of sp³-hybridized carbons (Fsp3) is 0.373. The van der Waals surface area contributed by atoms with Crippen LogP contribution in [0.4, 0.5) is 11.6 Å². The molecule has 0 radical (unpaired) electrons. The van der Waals surface area contributed by atoms with Gasteiger partial charge in [0.1, 0.15) is 71.6 Å². The third kappa shape index (κ3) is 10.1. The normalized spacial score (nSPS) is 22.9. The molecule has 0 saturated carbocycles. The molecule has 74 heavy (non-hydrogen) atoms. The van der Waals surface area contributed by atoms with E-state index in [-0.39, 0.29) is 50.2 Å². The number of rotatable bonds is 21. The van der Waals surface area contributed by atoms with Crippen LogP contribution >= 0.6 is 7.75 Å². The zero-order chi connectivity index (χ0) is 51.4. The fourth-order valence-electron chi connectivity index (χ4n) is 9.74. The first-order valence-electron chi connectivity index (χ1n) is 24.0. The summed E-state index contributed by atoms with van der Waals surface area (Å²) < 4.78 is 75.1. The maximum absolute atomic E-state index is 15.6. The van der Waals surface area contributed by atoms with E-state index >= 15 is 4.57 Å². The van der Waals surface area contributed by atoms with E-state index in [2.05, 4.69) is 35.0 Å². The van der Waals surface area contributed by atoms with Crippen LogP contribution in [0.25, 0.3) is 22.3 Å². The lowest BCUT2D eigenvalue weighted by molar-refractivity contribution is -0.0923. The number of fused-ring (bicyclic) bond motifs is 2. The van der Waals surface area contributed by atoms with Crippen molar-refractivity contribution in [1.29, 1.82) is 0 Å². The van der Waals surface area contributed by atoms with Gasteiger partial charge in [-0.3, -0.25) is 18.2 Å². The molecular weight excluding hydrogens is 974 g/mol. The van der Waals surface area contributed by atoms with Gasteiger partial charge in [0.2, 0.25) is 0 Å². The maximum atomic E-state index is 15.6. The molecule has 2 saturated heterocycles. The number of ether oxygens (including phenoxy) is 7. The van der Waals surface area contributed by atoms with E-state index in [0.717, 1.165) is 16.7 Å². The van der Waals surface area contributed by atoms with Gasteiger partial charge in [0.15, 0.2) is 34.4 Å². The summed E-state index contributed by atoms with van der Waals surface area (Å²) in [6.07, 6.45) is 5.92.